The summed E-state index contributed by atoms with van der Waals surface area (Å²) >= 11 is 6.15. The number of rotatable bonds is 4. The molecule has 1 saturated heterocycles. The topological polar surface area (TPSA) is 40.5 Å². The summed E-state index contributed by atoms with van der Waals surface area (Å²) in [6.07, 6.45) is 3.14. The molecule has 3 nitrogen and oxygen atoms in total. The van der Waals surface area contributed by atoms with E-state index < -0.39 is 5.97 Å². The van der Waals surface area contributed by atoms with Gasteiger partial charge in [0.15, 0.2) is 0 Å². The van der Waals surface area contributed by atoms with E-state index in [1.54, 1.807) is 0 Å². The molecule has 0 radical (unpaired) electrons. The van der Waals surface area contributed by atoms with Gasteiger partial charge in [-0.2, -0.15) is 0 Å². The van der Waals surface area contributed by atoms with Crippen LogP contribution in [-0.4, -0.2) is 23.7 Å². The third kappa shape index (κ3) is 2.78. The summed E-state index contributed by atoms with van der Waals surface area (Å²) in [7, 11) is 0. The Hall–Kier alpha value is -1.22. The van der Waals surface area contributed by atoms with E-state index in [-0.39, 0.29) is 6.42 Å². The fourth-order valence-corrected chi connectivity index (χ4v) is 2.82. The van der Waals surface area contributed by atoms with E-state index in [2.05, 4.69) is 11.0 Å². The maximum absolute atomic E-state index is 10.7. The Bertz CT molecular complexity index is 447. The Morgan fingerprint density at radius 1 is 1.56 bits per heavy atom. The lowest BCUT2D eigenvalue weighted by atomic mass is 10.1. The molecule has 1 aliphatic heterocycles. The first kappa shape index (κ1) is 13.2. The number of carboxylic acid groups (broad SMARTS) is 1. The zero-order valence-electron chi connectivity index (χ0n) is 10.5. The van der Waals surface area contributed by atoms with Crippen LogP contribution in [0.1, 0.15) is 31.2 Å². The molecule has 1 N–H and O–H groups in total. The molecule has 4 heteroatoms. The van der Waals surface area contributed by atoms with Gasteiger partial charge in [0.1, 0.15) is 0 Å². The van der Waals surface area contributed by atoms with E-state index in [4.69, 9.17) is 16.7 Å². The van der Waals surface area contributed by atoms with Crippen molar-refractivity contribution in [3.8, 4) is 0 Å². The van der Waals surface area contributed by atoms with E-state index in [9.17, 15) is 4.79 Å². The average molecular weight is 268 g/mol. The fourth-order valence-electron chi connectivity index (χ4n) is 2.65. The zero-order chi connectivity index (χ0) is 13.1. The van der Waals surface area contributed by atoms with Crippen LogP contribution in [0, 0.1) is 6.92 Å². The molecular formula is C14H18ClNO2. The number of halogens is 1. The van der Waals surface area contributed by atoms with Crippen molar-refractivity contribution >= 4 is 23.3 Å². The van der Waals surface area contributed by atoms with E-state index in [0.717, 1.165) is 35.7 Å². The molecule has 0 bridgehead atoms. The van der Waals surface area contributed by atoms with Crippen molar-refractivity contribution in [2.45, 2.75) is 38.6 Å². The van der Waals surface area contributed by atoms with E-state index in [1.165, 1.54) is 0 Å². The van der Waals surface area contributed by atoms with Crippen LogP contribution in [0.5, 0.6) is 0 Å². The molecule has 0 spiro atoms. The number of anilines is 1. The summed E-state index contributed by atoms with van der Waals surface area (Å²) < 4.78 is 0. The molecule has 1 aliphatic rings. The monoisotopic (exact) mass is 267 g/mol. The van der Waals surface area contributed by atoms with Crippen molar-refractivity contribution in [3.05, 3.63) is 28.8 Å². The number of nitrogens with zero attached hydrogens (tertiary/aromatic N) is 1. The zero-order valence-corrected chi connectivity index (χ0v) is 11.3. The standard InChI is InChI=1S/C14H18ClNO2/c1-10-12(15)5-2-6-13(10)16-9-3-4-11(16)7-8-14(17)18/h2,5-6,11H,3-4,7-9H2,1H3,(H,17,18). The summed E-state index contributed by atoms with van der Waals surface area (Å²) in [6, 6.07) is 6.25. The second-order valence-electron chi connectivity index (χ2n) is 4.81. The Kier molecular flexibility index (Phi) is 4.12. The van der Waals surface area contributed by atoms with Crippen LogP contribution in [0.15, 0.2) is 18.2 Å². The Morgan fingerprint density at radius 2 is 2.33 bits per heavy atom. The van der Waals surface area contributed by atoms with Crippen molar-refractivity contribution in [1.82, 2.24) is 0 Å². The molecule has 18 heavy (non-hydrogen) atoms. The maximum atomic E-state index is 10.7. The molecule has 1 unspecified atom stereocenters. The second kappa shape index (κ2) is 5.61. The van der Waals surface area contributed by atoms with Crippen molar-refractivity contribution in [2.75, 3.05) is 11.4 Å². The Balaban J connectivity index is 2.15. The summed E-state index contributed by atoms with van der Waals surface area (Å²) in [5, 5.41) is 9.56. The summed E-state index contributed by atoms with van der Waals surface area (Å²) in [6.45, 7) is 3.01. The predicted octanol–water partition coefficient (Wildman–Crippen LogP) is 3.48. The van der Waals surface area contributed by atoms with Crippen LogP contribution >= 0.6 is 11.6 Å². The Morgan fingerprint density at radius 3 is 3.06 bits per heavy atom. The summed E-state index contributed by atoms with van der Waals surface area (Å²) in [5.74, 6) is -0.718. The van der Waals surface area contributed by atoms with Crippen LogP contribution in [0.2, 0.25) is 5.02 Å². The van der Waals surface area contributed by atoms with Gasteiger partial charge in [-0.05, 0) is 43.9 Å². The van der Waals surface area contributed by atoms with Crippen LogP contribution in [-0.2, 0) is 4.79 Å². The number of hydrogen-bond donors (Lipinski definition) is 1. The first-order chi connectivity index (χ1) is 8.59. The van der Waals surface area contributed by atoms with Crippen molar-refractivity contribution in [2.24, 2.45) is 0 Å². The van der Waals surface area contributed by atoms with Gasteiger partial charge in [-0.15, -0.1) is 0 Å². The molecule has 1 atom stereocenters. The van der Waals surface area contributed by atoms with Crippen molar-refractivity contribution in [1.29, 1.82) is 0 Å². The van der Waals surface area contributed by atoms with Crippen LogP contribution in [0.25, 0.3) is 0 Å². The molecule has 1 aromatic rings. The minimum atomic E-state index is -0.718. The van der Waals surface area contributed by atoms with E-state index >= 15 is 0 Å². The van der Waals surface area contributed by atoms with E-state index in [0.29, 0.717) is 12.5 Å². The van der Waals surface area contributed by atoms with Crippen LogP contribution in [0.3, 0.4) is 0 Å². The number of hydrogen-bond acceptors (Lipinski definition) is 2. The van der Waals surface area contributed by atoms with Gasteiger partial charge < -0.3 is 10.0 Å². The van der Waals surface area contributed by atoms with Gasteiger partial charge in [0.2, 0.25) is 0 Å². The molecule has 1 fully saturated rings. The summed E-state index contributed by atoms with van der Waals surface area (Å²) in [5.41, 5.74) is 2.23. The summed E-state index contributed by atoms with van der Waals surface area (Å²) in [4.78, 5) is 13.0. The molecule has 98 valence electrons. The maximum Gasteiger partial charge on any atom is 0.303 e. The molecule has 0 aliphatic carbocycles. The molecule has 1 heterocycles. The first-order valence-corrected chi connectivity index (χ1v) is 6.71. The van der Waals surface area contributed by atoms with Gasteiger partial charge in [-0.1, -0.05) is 17.7 Å². The fraction of sp³-hybridized carbons (Fsp3) is 0.500. The van der Waals surface area contributed by atoms with Crippen LogP contribution < -0.4 is 4.90 Å². The molecule has 0 aromatic heterocycles. The highest BCUT2D eigenvalue weighted by molar-refractivity contribution is 6.31. The normalized spacial score (nSPS) is 19.2. The molecular weight excluding hydrogens is 250 g/mol. The number of carboxylic acids is 1. The number of benzene rings is 1. The van der Waals surface area contributed by atoms with Crippen LogP contribution in [0.4, 0.5) is 5.69 Å². The lowest BCUT2D eigenvalue weighted by molar-refractivity contribution is -0.137. The largest absolute Gasteiger partial charge is 0.481 e. The molecule has 0 saturated carbocycles. The van der Waals surface area contributed by atoms with Gasteiger partial charge in [-0.3, -0.25) is 4.79 Å². The first-order valence-electron chi connectivity index (χ1n) is 6.33. The van der Waals surface area contributed by atoms with Gasteiger partial charge in [-0.25, -0.2) is 0 Å². The van der Waals surface area contributed by atoms with Gasteiger partial charge in [0.25, 0.3) is 0 Å². The van der Waals surface area contributed by atoms with Crippen molar-refractivity contribution < 1.29 is 9.90 Å². The second-order valence-corrected chi connectivity index (χ2v) is 5.21. The predicted molar refractivity (Wildman–Crippen MR) is 73.4 cm³/mol. The quantitative estimate of drug-likeness (QED) is 0.908. The average Bonchev–Trinajstić information content (AvgIpc) is 2.78. The molecule has 1 aromatic carbocycles. The molecule has 0 amide bonds. The van der Waals surface area contributed by atoms with Crippen molar-refractivity contribution in [3.63, 3.8) is 0 Å². The lowest BCUT2D eigenvalue weighted by Crippen LogP contribution is -2.30. The van der Waals surface area contributed by atoms with Gasteiger partial charge >= 0.3 is 5.97 Å². The third-order valence-corrected chi connectivity index (χ3v) is 4.03. The smallest absolute Gasteiger partial charge is 0.303 e. The van der Waals surface area contributed by atoms with Gasteiger partial charge in [0.05, 0.1) is 0 Å². The Labute approximate surface area is 112 Å². The minimum Gasteiger partial charge on any atom is -0.481 e. The minimum absolute atomic E-state index is 0.237. The highest BCUT2D eigenvalue weighted by Crippen LogP contribution is 2.33. The number of aliphatic carboxylic acids is 1. The highest BCUT2D eigenvalue weighted by Gasteiger charge is 2.26. The molecule has 2 rings (SSSR count). The SMILES string of the molecule is Cc1c(Cl)cccc1N1CCCC1CCC(=O)O. The number of carbonyl (C=O) groups is 1. The highest BCUT2D eigenvalue weighted by atomic mass is 35.5. The third-order valence-electron chi connectivity index (χ3n) is 3.62. The van der Waals surface area contributed by atoms with E-state index in [1.807, 2.05) is 19.1 Å². The van der Waals surface area contributed by atoms with Gasteiger partial charge in [0, 0.05) is 29.7 Å². The lowest BCUT2D eigenvalue weighted by Gasteiger charge is -2.28.